The number of ether oxygens (including phenoxy) is 1. The second kappa shape index (κ2) is 7.01. The number of carboxylic acid groups (broad SMARTS) is 2. The van der Waals surface area contributed by atoms with Crippen molar-refractivity contribution in [3.63, 3.8) is 0 Å². The van der Waals surface area contributed by atoms with Crippen LogP contribution in [0.2, 0.25) is 0 Å². The molecule has 0 unspecified atom stereocenters. The van der Waals surface area contributed by atoms with Crippen LogP contribution in [0.3, 0.4) is 0 Å². The molecule has 0 saturated carbocycles. The first-order valence-electron chi connectivity index (χ1n) is 7.06. The standard InChI is InChI=1S/C13H13F3N4O6/c1-26-10(23)6-4-17-11(18-8(6)13(14,15)16)20-3-2-19(12(24)25)5-7(20)9(21)22/h4,7H,2-3,5H2,1H3,(H,21,22)(H,24,25)/t7-/m0/s1. The first-order chi connectivity index (χ1) is 12.1. The molecule has 0 aliphatic carbocycles. The number of carbonyl (C=O) groups excluding carboxylic acids is 1. The fourth-order valence-electron chi connectivity index (χ4n) is 2.39. The van der Waals surface area contributed by atoms with Crippen LogP contribution in [-0.4, -0.2) is 75.9 Å². The average Bonchev–Trinajstić information content (AvgIpc) is 2.59. The van der Waals surface area contributed by atoms with Crippen LogP contribution in [0.1, 0.15) is 16.1 Å². The van der Waals surface area contributed by atoms with Crippen molar-refractivity contribution in [3.05, 3.63) is 17.5 Å². The molecule has 1 atom stereocenters. The minimum Gasteiger partial charge on any atom is -0.480 e. The molecule has 1 aromatic rings. The number of aliphatic carboxylic acids is 1. The maximum atomic E-state index is 13.2. The Morgan fingerprint density at radius 2 is 1.92 bits per heavy atom. The highest BCUT2D eigenvalue weighted by molar-refractivity contribution is 5.90. The summed E-state index contributed by atoms with van der Waals surface area (Å²) in [4.78, 5) is 42.6. The number of nitrogens with zero attached hydrogens (tertiary/aromatic N) is 4. The molecule has 0 spiro atoms. The third-order valence-corrected chi connectivity index (χ3v) is 3.64. The van der Waals surface area contributed by atoms with E-state index in [1.807, 2.05) is 0 Å². The zero-order valence-corrected chi connectivity index (χ0v) is 13.2. The van der Waals surface area contributed by atoms with E-state index in [1.54, 1.807) is 0 Å². The molecule has 10 nitrogen and oxygen atoms in total. The highest BCUT2D eigenvalue weighted by atomic mass is 19.4. The number of rotatable bonds is 3. The molecule has 2 heterocycles. The molecule has 1 aliphatic rings. The monoisotopic (exact) mass is 378 g/mol. The number of methoxy groups -OCH3 is 1. The number of hydrogen-bond acceptors (Lipinski definition) is 7. The second-order valence-electron chi connectivity index (χ2n) is 5.20. The summed E-state index contributed by atoms with van der Waals surface area (Å²) in [6.07, 6.45) is -5.77. The fraction of sp³-hybridized carbons (Fsp3) is 0.462. The Bertz CT molecular complexity index is 741. The van der Waals surface area contributed by atoms with Crippen LogP contribution in [0, 0.1) is 0 Å². The van der Waals surface area contributed by atoms with Crippen LogP contribution >= 0.6 is 0 Å². The molecule has 1 aliphatic heterocycles. The maximum Gasteiger partial charge on any atom is 0.434 e. The largest absolute Gasteiger partial charge is 0.480 e. The van der Waals surface area contributed by atoms with Gasteiger partial charge in [0.2, 0.25) is 5.95 Å². The van der Waals surface area contributed by atoms with E-state index in [4.69, 9.17) is 5.11 Å². The van der Waals surface area contributed by atoms with Crippen molar-refractivity contribution in [2.45, 2.75) is 12.2 Å². The maximum absolute atomic E-state index is 13.2. The molecule has 2 N–H and O–H groups in total. The van der Waals surface area contributed by atoms with E-state index >= 15 is 0 Å². The van der Waals surface area contributed by atoms with E-state index in [2.05, 4.69) is 14.7 Å². The number of aromatic nitrogens is 2. The zero-order chi connectivity index (χ0) is 19.6. The summed E-state index contributed by atoms with van der Waals surface area (Å²) in [5, 5.41) is 18.2. The lowest BCUT2D eigenvalue weighted by Crippen LogP contribution is -2.58. The fourth-order valence-corrected chi connectivity index (χ4v) is 2.39. The minimum absolute atomic E-state index is 0.150. The number of amides is 1. The molecule has 0 radical (unpaired) electrons. The Morgan fingerprint density at radius 1 is 1.27 bits per heavy atom. The number of carboxylic acids is 1. The van der Waals surface area contributed by atoms with Crippen molar-refractivity contribution in [2.75, 3.05) is 31.6 Å². The van der Waals surface area contributed by atoms with Gasteiger partial charge in [-0.3, -0.25) is 0 Å². The van der Waals surface area contributed by atoms with Crippen LogP contribution in [0.15, 0.2) is 6.20 Å². The van der Waals surface area contributed by atoms with Gasteiger partial charge in [-0.1, -0.05) is 0 Å². The average molecular weight is 378 g/mol. The molecule has 0 aromatic carbocycles. The lowest BCUT2D eigenvalue weighted by atomic mass is 10.1. The van der Waals surface area contributed by atoms with Crippen molar-refractivity contribution in [2.24, 2.45) is 0 Å². The summed E-state index contributed by atoms with van der Waals surface area (Å²) < 4.78 is 43.8. The van der Waals surface area contributed by atoms with Crippen LogP contribution in [-0.2, 0) is 15.7 Å². The van der Waals surface area contributed by atoms with Crippen molar-refractivity contribution in [3.8, 4) is 0 Å². The Balaban J connectivity index is 2.45. The first kappa shape index (κ1) is 19.2. The summed E-state index contributed by atoms with van der Waals surface area (Å²) in [5.74, 6) is -3.33. The van der Waals surface area contributed by atoms with E-state index in [1.165, 1.54) is 0 Å². The lowest BCUT2D eigenvalue weighted by molar-refractivity contribution is -0.141. The van der Waals surface area contributed by atoms with Crippen molar-refractivity contribution < 1.29 is 42.5 Å². The first-order valence-corrected chi connectivity index (χ1v) is 7.06. The molecule has 2 rings (SSSR count). The SMILES string of the molecule is COC(=O)c1cnc(N2CCN(C(=O)O)C[C@H]2C(=O)O)nc1C(F)(F)F. The van der Waals surface area contributed by atoms with Gasteiger partial charge in [0, 0.05) is 19.3 Å². The number of hydrogen-bond donors (Lipinski definition) is 2. The normalized spacial score (nSPS) is 17.8. The third kappa shape index (κ3) is 3.75. The quantitative estimate of drug-likeness (QED) is 0.723. The van der Waals surface area contributed by atoms with Gasteiger partial charge in [0.25, 0.3) is 0 Å². The summed E-state index contributed by atoms with van der Waals surface area (Å²) >= 11 is 0. The van der Waals surface area contributed by atoms with Gasteiger partial charge < -0.3 is 24.7 Å². The molecule has 1 saturated heterocycles. The Morgan fingerprint density at radius 3 is 2.42 bits per heavy atom. The zero-order valence-electron chi connectivity index (χ0n) is 13.2. The van der Waals surface area contributed by atoms with Gasteiger partial charge >= 0.3 is 24.2 Å². The summed E-state index contributed by atoms with van der Waals surface area (Å²) in [5.41, 5.74) is -2.49. The molecular formula is C13H13F3N4O6. The van der Waals surface area contributed by atoms with Crippen LogP contribution < -0.4 is 4.90 Å². The van der Waals surface area contributed by atoms with Crippen LogP contribution in [0.25, 0.3) is 0 Å². The van der Waals surface area contributed by atoms with Crippen molar-refractivity contribution >= 4 is 24.0 Å². The van der Waals surface area contributed by atoms with Gasteiger partial charge in [0.15, 0.2) is 5.69 Å². The van der Waals surface area contributed by atoms with E-state index in [-0.39, 0.29) is 13.1 Å². The van der Waals surface area contributed by atoms with E-state index in [0.717, 1.165) is 16.9 Å². The Kier molecular flexibility index (Phi) is 5.18. The van der Waals surface area contributed by atoms with Crippen molar-refractivity contribution in [1.29, 1.82) is 0 Å². The van der Waals surface area contributed by atoms with Crippen molar-refractivity contribution in [1.82, 2.24) is 14.9 Å². The second-order valence-corrected chi connectivity index (χ2v) is 5.20. The van der Waals surface area contributed by atoms with Crippen LogP contribution in [0.5, 0.6) is 0 Å². The molecule has 26 heavy (non-hydrogen) atoms. The topological polar surface area (TPSA) is 133 Å². The predicted molar refractivity (Wildman–Crippen MR) is 76.7 cm³/mol. The van der Waals surface area contributed by atoms with Gasteiger partial charge in [-0.05, 0) is 0 Å². The highest BCUT2D eigenvalue weighted by Gasteiger charge is 2.41. The molecule has 142 valence electrons. The summed E-state index contributed by atoms with van der Waals surface area (Å²) in [7, 11) is 0.891. The van der Waals surface area contributed by atoms with Gasteiger partial charge in [-0.25, -0.2) is 24.4 Å². The molecule has 1 aromatic heterocycles. The number of halogens is 3. The lowest BCUT2D eigenvalue weighted by Gasteiger charge is -2.38. The molecule has 1 fully saturated rings. The molecule has 0 bridgehead atoms. The summed E-state index contributed by atoms with van der Waals surface area (Å²) in [6, 6.07) is -1.48. The molecule has 1 amide bonds. The number of alkyl halides is 3. The third-order valence-electron chi connectivity index (χ3n) is 3.64. The molecular weight excluding hydrogens is 365 g/mol. The summed E-state index contributed by atoms with van der Waals surface area (Å²) in [6.45, 7) is -0.866. The Hall–Kier alpha value is -3.12. The highest BCUT2D eigenvalue weighted by Crippen LogP contribution is 2.32. The number of anilines is 1. The van der Waals surface area contributed by atoms with Gasteiger partial charge in [0.05, 0.1) is 13.7 Å². The van der Waals surface area contributed by atoms with E-state index < -0.39 is 54.0 Å². The van der Waals surface area contributed by atoms with Crippen LogP contribution in [0.4, 0.5) is 23.9 Å². The molecule has 13 heteroatoms. The van der Waals surface area contributed by atoms with E-state index in [0.29, 0.717) is 6.20 Å². The number of esters is 1. The smallest absolute Gasteiger partial charge is 0.434 e. The number of piperazine rings is 1. The predicted octanol–water partition coefficient (Wildman–Crippen LogP) is 0.535. The minimum atomic E-state index is -5.01. The van der Waals surface area contributed by atoms with Gasteiger partial charge in [-0.2, -0.15) is 13.2 Å². The number of carbonyl (C=O) groups is 3. The van der Waals surface area contributed by atoms with Gasteiger partial charge in [-0.15, -0.1) is 0 Å². The van der Waals surface area contributed by atoms with Gasteiger partial charge in [0.1, 0.15) is 11.6 Å². The Labute approximate surface area is 143 Å². The van der Waals surface area contributed by atoms with E-state index in [9.17, 15) is 32.7 Å².